The molecule has 17 heavy (non-hydrogen) atoms. The van der Waals surface area contributed by atoms with Crippen LogP contribution in [0.3, 0.4) is 0 Å². The predicted molar refractivity (Wildman–Crippen MR) is 69.9 cm³/mol. The Morgan fingerprint density at radius 3 is 2.94 bits per heavy atom. The number of aromatic nitrogens is 2. The van der Waals surface area contributed by atoms with Crippen LogP contribution < -0.4 is 11.3 Å². The van der Waals surface area contributed by atoms with E-state index in [1.807, 2.05) is 19.2 Å². The van der Waals surface area contributed by atoms with Crippen molar-refractivity contribution >= 4 is 22.9 Å². The number of halogens is 1. The van der Waals surface area contributed by atoms with E-state index in [1.165, 1.54) is 0 Å². The molecule has 0 aliphatic carbocycles. The average Bonchev–Trinajstić information content (AvgIpc) is 2.75. The van der Waals surface area contributed by atoms with Crippen molar-refractivity contribution in [1.29, 1.82) is 0 Å². The Bertz CT molecular complexity index is 500. The van der Waals surface area contributed by atoms with E-state index in [0.717, 1.165) is 21.9 Å². The molecule has 1 unspecified atom stereocenters. The van der Waals surface area contributed by atoms with Gasteiger partial charge in [0.1, 0.15) is 0 Å². The summed E-state index contributed by atoms with van der Waals surface area (Å²) in [5, 5.41) is 1.69. The van der Waals surface area contributed by atoms with Crippen LogP contribution in [-0.4, -0.2) is 9.97 Å². The first-order chi connectivity index (χ1) is 8.20. The number of hydrazine groups is 1. The Kier molecular flexibility index (Phi) is 4.06. The van der Waals surface area contributed by atoms with Gasteiger partial charge in [0.25, 0.3) is 0 Å². The quantitative estimate of drug-likeness (QED) is 0.659. The molecule has 0 aromatic carbocycles. The maximum Gasteiger partial charge on any atom is 0.0897 e. The van der Waals surface area contributed by atoms with Gasteiger partial charge in [-0.1, -0.05) is 11.6 Å². The van der Waals surface area contributed by atoms with Crippen molar-refractivity contribution in [3.8, 4) is 0 Å². The number of hydrogen-bond acceptors (Lipinski definition) is 5. The van der Waals surface area contributed by atoms with Crippen LogP contribution in [-0.2, 0) is 6.42 Å². The molecule has 90 valence electrons. The summed E-state index contributed by atoms with van der Waals surface area (Å²) in [7, 11) is 0. The maximum absolute atomic E-state index is 6.07. The van der Waals surface area contributed by atoms with Gasteiger partial charge in [0.15, 0.2) is 0 Å². The van der Waals surface area contributed by atoms with Crippen LogP contribution in [0.5, 0.6) is 0 Å². The molecule has 2 aromatic rings. The third kappa shape index (κ3) is 3.01. The maximum atomic E-state index is 6.07. The van der Waals surface area contributed by atoms with Gasteiger partial charge in [-0.05, 0) is 25.0 Å². The number of nitrogens with zero attached hydrogens (tertiary/aromatic N) is 2. The number of aryl methyl sites for hydroxylation is 1. The van der Waals surface area contributed by atoms with Crippen LogP contribution in [0.25, 0.3) is 0 Å². The van der Waals surface area contributed by atoms with E-state index in [9.17, 15) is 0 Å². The van der Waals surface area contributed by atoms with Crippen molar-refractivity contribution in [3.63, 3.8) is 0 Å². The Balaban J connectivity index is 2.18. The summed E-state index contributed by atoms with van der Waals surface area (Å²) >= 11 is 7.71. The van der Waals surface area contributed by atoms with Crippen LogP contribution in [0.1, 0.15) is 21.5 Å². The molecular formula is C11H13ClN4S. The average molecular weight is 269 g/mol. The van der Waals surface area contributed by atoms with Crippen LogP contribution >= 0.6 is 22.9 Å². The summed E-state index contributed by atoms with van der Waals surface area (Å²) in [5.41, 5.74) is 3.82. The number of nitrogens with one attached hydrogen (secondary N) is 1. The number of thiazole rings is 1. The lowest BCUT2D eigenvalue weighted by atomic mass is 10.1. The fourth-order valence-corrected chi connectivity index (χ4v) is 2.61. The summed E-state index contributed by atoms with van der Waals surface area (Å²) in [6, 6.07) is 1.93. The number of pyridine rings is 1. The molecule has 0 fully saturated rings. The first-order valence-corrected chi connectivity index (χ1v) is 6.37. The summed E-state index contributed by atoms with van der Waals surface area (Å²) in [4.78, 5) is 9.30. The van der Waals surface area contributed by atoms with E-state index >= 15 is 0 Å². The predicted octanol–water partition coefficient (Wildman–Crippen LogP) is 2.25. The highest BCUT2D eigenvalue weighted by Gasteiger charge is 2.14. The standard InChI is InChI=1S/C11H13ClN4S/c1-7-15-6-11(17-7)10(16-13)4-8-2-3-14-5-9(8)12/h2-3,5-6,10,16H,4,13H2,1H3. The van der Waals surface area contributed by atoms with Gasteiger partial charge >= 0.3 is 0 Å². The van der Waals surface area contributed by atoms with Gasteiger partial charge in [0.05, 0.1) is 16.1 Å². The fraction of sp³-hybridized carbons (Fsp3) is 0.273. The lowest BCUT2D eigenvalue weighted by Gasteiger charge is -2.14. The van der Waals surface area contributed by atoms with Gasteiger partial charge in [-0.3, -0.25) is 16.3 Å². The molecule has 6 heteroatoms. The second-order valence-corrected chi connectivity index (χ2v) is 5.35. The minimum absolute atomic E-state index is 0.0288. The van der Waals surface area contributed by atoms with Gasteiger partial charge in [-0.25, -0.2) is 4.98 Å². The van der Waals surface area contributed by atoms with E-state index in [2.05, 4.69) is 15.4 Å². The highest BCUT2D eigenvalue weighted by molar-refractivity contribution is 7.11. The topological polar surface area (TPSA) is 63.8 Å². The minimum Gasteiger partial charge on any atom is -0.271 e. The first-order valence-electron chi connectivity index (χ1n) is 5.17. The first kappa shape index (κ1) is 12.4. The van der Waals surface area contributed by atoms with E-state index < -0.39 is 0 Å². The van der Waals surface area contributed by atoms with E-state index in [-0.39, 0.29) is 6.04 Å². The molecule has 2 rings (SSSR count). The zero-order valence-electron chi connectivity index (χ0n) is 9.35. The van der Waals surface area contributed by atoms with Crippen LogP contribution in [0, 0.1) is 6.92 Å². The molecule has 0 spiro atoms. The van der Waals surface area contributed by atoms with Crippen LogP contribution in [0.15, 0.2) is 24.7 Å². The van der Waals surface area contributed by atoms with Gasteiger partial charge in [-0.2, -0.15) is 0 Å². The van der Waals surface area contributed by atoms with Crippen molar-refractivity contribution in [1.82, 2.24) is 15.4 Å². The molecule has 0 saturated heterocycles. The zero-order chi connectivity index (χ0) is 12.3. The van der Waals surface area contributed by atoms with Crippen molar-refractivity contribution in [3.05, 3.63) is 45.1 Å². The molecule has 1 atom stereocenters. The Labute approximate surface area is 109 Å². The van der Waals surface area contributed by atoms with Gasteiger partial charge in [0, 0.05) is 23.5 Å². The van der Waals surface area contributed by atoms with Crippen LogP contribution in [0.2, 0.25) is 5.02 Å². The summed E-state index contributed by atoms with van der Waals surface area (Å²) in [6.07, 6.45) is 5.94. The van der Waals surface area contributed by atoms with Crippen molar-refractivity contribution in [2.24, 2.45) is 5.84 Å². The van der Waals surface area contributed by atoms with Gasteiger partial charge in [0.2, 0.25) is 0 Å². The smallest absolute Gasteiger partial charge is 0.0897 e. The number of nitrogens with two attached hydrogens (primary N) is 1. The molecule has 4 nitrogen and oxygen atoms in total. The summed E-state index contributed by atoms with van der Waals surface area (Å²) in [6.45, 7) is 1.97. The SMILES string of the molecule is Cc1ncc(C(Cc2ccncc2Cl)NN)s1. The molecule has 0 bridgehead atoms. The number of hydrogen-bond donors (Lipinski definition) is 2. The Morgan fingerprint density at radius 2 is 2.35 bits per heavy atom. The molecule has 2 aromatic heterocycles. The highest BCUT2D eigenvalue weighted by Crippen LogP contribution is 2.25. The largest absolute Gasteiger partial charge is 0.271 e. The van der Waals surface area contributed by atoms with Gasteiger partial charge < -0.3 is 0 Å². The monoisotopic (exact) mass is 268 g/mol. The van der Waals surface area contributed by atoms with Crippen molar-refractivity contribution < 1.29 is 0 Å². The summed E-state index contributed by atoms with van der Waals surface area (Å²) in [5.74, 6) is 5.58. The lowest BCUT2D eigenvalue weighted by Crippen LogP contribution is -2.29. The molecule has 0 aliphatic rings. The second-order valence-electron chi connectivity index (χ2n) is 3.67. The van der Waals surface area contributed by atoms with Crippen molar-refractivity contribution in [2.75, 3.05) is 0 Å². The highest BCUT2D eigenvalue weighted by atomic mass is 35.5. The van der Waals surface area contributed by atoms with E-state index in [4.69, 9.17) is 17.4 Å². The second kappa shape index (κ2) is 5.55. The van der Waals surface area contributed by atoms with E-state index in [1.54, 1.807) is 23.7 Å². The third-order valence-electron chi connectivity index (χ3n) is 2.46. The summed E-state index contributed by atoms with van der Waals surface area (Å²) < 4.78 is 0. The third-order valence-corrected chi connectivity index (χ3v) is 3.83. The minimum atomic E-state index is 0.0288. The molecule has 0 amide bonds. The molecule has 3 N–H and O–H groups in total. The molecular weight excluding hydrogens is 256 g/mol. The zero-order valence-corrected chi connectivity index (χ0v) is 10.9. The lowest BCUT2D eigenvalue weighted by molar-refractivity contribution is 0.559. The Hall–Kier alpha value is -1.01. The fourth-order valence-electron chi connectivity index (χ4n) is 1.57. The molecule has 0 saturated carbocycles. The Morgan fingerprint density at radius 1 is 1.53 bits per heavy atom. The van der Waals surface area contributed by atoms with Gasteiger partial charge in [-0.15, -0.1) is 11.3 Å². The van der Waals surface area contributed by atoms with Crippen LogP contribution in [0.4, 0.5) is 0 Å². The molecule has 2 heterocycles. The number of rotatable bonds is 4. The van der Waals surface area contributed by atoms with Crippen molar-refractivity contribution in [2.45, 2.75) is 19.4 Å². The van der Waals surface area contributed by atoms with E-state index in [0.29, 0.717) is 5.02 Å². The molecule has 0 radical (unpaired) electrons. The molecule has 0 aliphatic heterocycles. The normalized spacial score (nSPS) is 12.6.